The topological polar surface area (TPSA) is 122 Å². The standard InChI is InChI=1S/C42H78O12/c1-8-14-21-44-29-34-39(54-36-28-33(46-23-16-10-3)38(31(7)51-36)48-24-17-11-4)32(20-27-47-34)52-42-41(50-26-19-13-6)37(43)40(49-25-18-12-5)35(53-42)30-45-22-15-9-2/h28,31-35,37-43H,8-27,29-30H2,1-7H3. The monoisotopic (exact) mass is 775 g/mol. The lowest BCUT2D eigenvalue weighted by molar-refractivity contribution is -0.340. The van der Waals surface area contributed by atoms with Crippen molar-refractivity contribution in [1.82, 2.24) is 0 Å². The van der Waals surface area contributed by atoms with E-state index >= 15 is 0 Å². The zero-order valence-electron chi connectivity index (χ0n) is 34.9. The van der Waals surface area contributed by atoms with E-state index in [0.29, 0.717) is 65.2 Å². The fraction of sp³-hybridized carbons (Fsp3) is 0.952. The van der Waals surface area contributed by atoms with Gasteiger partial charge in [-0.1, -0.05) is 80.1 Å². The average Bonchev–Trinajstić information content (AvgIpc) is 3.16. The van der Waals surface area contributed by atoms with Crippen molar-refractivity contribution >= 4 is 0 Å². The average molecular weight is 775 g/mol. The first-order valence-electron chi connectivity index (χ1n) is 21.7. The van der Waals surface area contributed by atoms with Crippen LogP contribution >= 0.6 is 0 Å². The van der Waals surface area contributed by atoms with Gasteiger partial charge in [-0.05, 0) is 45.4 Å². The van der Waals surface area contributed by atoms with E-state index in [4.69, 9.17) is 52.1 Å². The molecule has 0 bridgehead atoms. The molecule has 1 N–H and O–H groups in total. The van der Waals surface area contributed by atoms with E-state index in [0.717, 1.165) is 77.0 Å². The first-order valence-corrected chi connectivity index (χ1v) is 21.7. The fourth-order valence-corrected chi connectivity index (χ4v) is 6.68. The summed E-state index contributed by atoms with van der Waals surface area (Å²) < 4.78 is 70.5. The minimum Gasteiger partial charge on any atom is -0.460 e. The second-order valence-electron chi connectivity index (χ2n) is 14.9. The number of ether oxygens (including phenoxy) is 11. The van der Waals surface area contributed by atoms with Crippen LogP contribution in [0, 0.1) is 0 Å². The molecule has 12 heteroatoms. The van der Waals surface area contributed by atoms with E-state index < -0.39 is 49.0 Å². The summed E-state index contributed by atoms with van der Waals surface area (Å²) in [6.07, 6.45) is 7.75. The number of aliphatic hydroxyl groups excluding tert-OH is 1. The van der Waals surface area contributed by atoms with Gasteiger partial charge in [-0.2, -0.15) is 0 Å². The number of aliphatic hydroxyl groups is 1. The Morgan fingerprint density at radius 1 is 0.630 bits per heavy atom. The van der Waals surface area contributed by atoms with Crippen molar-refractivity contribution in [2.75, 3.05) is 59.5 Å². The molecule has 3 aliphatic rings. The Hall–Kier alpha value is -1.06. The van der Waals surface area contributed by atoms with Gasteiger partial charge in [0, 0.05) is 58.7 Å². The Bertz CT molecular complexity index is 952. The van der Waals surface area contributed by atoms with Crippen LogP contribution in [0.25, 0.3) is 0 Å². The summed E-state index contributed by atoms with van der Waals surface area (Å²) in [6, 6.07) is 0. The van der Waals surface area contributed by atoms with Crippen molar-refractivity contribution in [2.45, 2.75) is 199 Å². The minimum atomic E-state index is -0.986. The van der Waals surface area contributed by atoms with Crippen molar-refractivity contribution < 1.29 is 57.2 Å². The molecule has 0 aliphatic carbocycles. The molecule has 0 saturated carbocycles. The number of hydrogen-bond acceptors (Lipinski definition) is 12. The Kier molecular flexibility index (Phi) is 24.8. The molecule has 12 nitrogen and oxygen atoms in total. The lowest BCUT2D eigenvalue weighted by Gasteiger charge is -2.47. The Balaban J connectivity index is 1.90. The summed E-state index contributed by atoms with van der Waals surface area (Å²) in [5.41, 5.74) is 0. The molecule has 3 aliphatic heterocycles. The van der Waals surface area contributed by atoms with Crippen LogP contribution in [0.3, 0.4) is 0 Å². The molecule has 318 valence electrons. The van der Waals surface area contributed by atoms with Crippen molar-refractivity contribution in [3.63, 3.8) is 0 Å². The van der Waals surface area contributed by atoms with Crippen LogP contribution in [0.15, 0.2) is 12.0 Å². The molecule has 0 amide bonds. The van der Waals surface area contributed by atoms with Gasteiger partial charge in [0.2, 0.25) is 0 Å². The van der Waals surface area contributed by atoms with E-state index in [1.807, 2.05) is 13.0 Å². The quantitative estimate of drug-likeness (QED) is 0.0740. The summed E-state index contributed by atoms with van der Waals surface area (Å²) in [5.74, 6) is 0.355. The third-order valence-electron chi connectivity index (χ3n) is 10.1. The molecule has 0 aromatic carbocycles. The normalized spacial score (nSPS) is 31.6. The molecular formula is C42H78O12. The fourth-order valence-electron chi connectivity index (χ4n) is 6.68. The third kappa shape index (κ3) is 16.1. The molecule has 11 unspecified atom stereocenters. The van der Waals surface area contributed by atoms with Gasteiger partial charge in [-0.15, -0.1) is 0 Å². The van der Waals surface area contributed by atoms with E-state index in [-0.39, 0.29) is 24.9 Å². The minimum absolute atomic E-state index is 0.259. The lowest BCUT2D eigenvalue weighted by atomic mass is 9.97. The van der Waals surface area contributed by atoms with Crippen LogP contribution in [0.2, 0.25) is 0 Å². The van der Waals surface area contributed by atoms with Crippen LogP contribution in [0.4, 0.5) is 0 Å². The van der Waals surface area contributed by atoms with Gasteiger partial charge in [-0.3, -0.25) is 0 Å². The van der Waals surface area contributed by atoms with E-state index in [2.05, 4.69) is 41.5 Å². The third-order valence-corrected chi connectivity index (χ3v) is 10.1. The zero-order chi connectivity index (χ0) is 39.0. The van der Waals surface area contributed by atoms with Gasteiger partial charge < -0.3 is 57.2 Å². The van der Waals surface area contributed by atoms with Crippen molar-refractivity contribution in [1.29, 1.82) is 0 Å². The van der Waals surface area contributed by atoms with Crippen molar-refractivity contribution in [3.05, 3.63) is 12.0 Å². The molecule has 0 spiro atoms. The number of rotatable bonds is 30. The summed E-state index contributed by atoms with van der Waals surface area (Å²) >= 11 is 0. The molecule has 2 fully saturated rings. The van der Waals surface area contributed by atoms with E-state index in [9.17, 15) is 5.11 Å². The van der Waals surface area contributed by atoms with Crippen LogP contribution in [0.1, 0.15) is 132 Å². The summed E-state index contributed by atoms with van der Waals surface area (Å²) in [5, 5.41) is 11.9. The molecule has 2 saturated heterocycles. The largest absolute Gasteiger partial charge is 0.460 e. The number of unbranched alkanes of at least 4 members (excludes halogenated alkanes) is 6. The summed E-state index contributed by atoms with van der Waals surface area (Å²) in [4.78, 5) is 0. The smallest absolute Gasteiger partial charge is 0.278 e. The van der Waals surface area contributed by atoms with Crippen molar-refractivity contribution in [3.8, 4) is 0 Å². The highest BCUT2D eigenvalue weighted by Crippen LogP contribution is 2.34. The molecule has 0 aromatic rings. The lowest BCUT2D eigenvalue weighted by Crippen LogP contribution is -2.63. The SMILES string of the molecule is CCCCOCC1OCCC(OC2OC(COCCCC)C(OCCCC)C(O)C2OCCCC)C1OC1=CC(OCCCC)C(OCCCC)C(C)O1. The molecule has 3 rings (SSSR count). The highest BCUT2D eigenvalue weighted by molar-refractivity contribution is 5.04. The van der Waals surface area contributed by atoms with Gasteiger partial charge in [0.25, 0.3) is 5.95 Å². The Morgan fingerprint density at radius 3 is 1.74 bits per heavy atom. The van der Waals surface area contributed by atoms with Crippen LogP contribution in [0.5, 0.6) is 0 Å². The molecular weight excluding hydrogens is 696 g/mol. The molecule has 11 atom stereocenters. The maximum atomic E-state index is 11.9. The second-order valence-corrected chi connectivity index (χ2v) is 14.9. The van der Waals surface area contributed by atoms with Crippen LogP contribution < -0.4 is 0 Å². The predicted molar refractivity (Wildman–Crippen MR) is 207 cm³/mol. The molecule has 0 radical (unpaired) electrons. The first-order chi connectivity index (χ1) is 26.4. The van der Waals surface area contributed by atoms with E-state index in [1.165, 1.54) is 0 Å². The van der Waals surface area contributed by atoms with E-state index in [1.54, 1.807) is 0 Å². The molecule has 0 aromatic heterocycles. The van der Waals surface area contributed by atoms with Gasteiger partial charge in [0.1, 0.15) is 54.9 Å². The number of hydrogen-bond donors (Lipinski definition) is 1. The van der Waals surface area contributed by atoms with Gasteiger partial charge in [0.15, 0.2) is 12.4 Å². The molecule has 3 heterocycles. The summed E-state index contributed by atoms with van der Waals surface area (Å²) in [7, 11) is 0. The first kappa shape index (κ1) is 47.3. The zero-order valence-corrected chi connectivity index (χ0v) is 34.9. The maximum Gasteiger partial charge on any atom is 0.278 e. The highest BCUT2D eigenvalue weighted by Gasteiger charge is 2.50. The van der Waals surface area contributed by atoms with Crippen LogP contribution in [-0.2, 0) is 52.1 Å². The predicted octanol–water partition coefficient (Wildman–Crippen LogP) is 7.27. The van der Waals surface area contributed by atoms with Gasteiger partial charge in [-0.25, -0.2) is 0 Å². The van der Waals surface area contributed by atoms with Crippen molar-refractivity contribution in [2.24, 2.45) is 0 Å². The van der Waals surface area contributed by atoms with Crippen LogP contribution in [-0.4, -0.2) is 132 Å². The summed E-state index contributed by atoms with van der Waals surface area (Å²) in [6.45, 7) is 19.3. The Morgan fingerprint density at radius 2 is 1.15 bits per heavy atom. The molecule has 54 heavy (non-hydrogen) atoms. The van der Waals surface area contributed by atoms with Gasteiger partial charge in [0.05, 0.1) is 13.2 Å². The second kappa shape index (κ2) is 28.4. The van der Waals surface area contributed by atoms with Gasteiger partial charge >= 0.3 is 0 Å². The Labute approximate surface area is 327 Å². The highest BCUT2D eigenvalue weighted by atomic mass is 16.7. The maximum absolute atomic E-state index is 11.9.